The fourth-order valence-corrected chi connectivity index (χ4v) is 6.21. The first-order chi connectivity index (χ1) is 19.1. The molecule has 3 aromatic rings. The monoisotopic (exact) mass is 528 g/mol. The summed E-state index contributed by atoms with van der Waals surface area (Å²) in [6.07, 6.45) is 4.56. The predicted octanol–water partition coefficient (Wildman–Crippen LogP) is 6.33. The highest BCUT2D eigenvalue weighted by atomic mass is 19.1. The molecule has 6 heteroatoms. The molecular formula is C33H37FN2O3. The molecule has 0 aromatic heterocycles. The average Bonchev–Trinajstić information content (AvgIpc) is 3.31. The molecule has 2 aliphatic heterocycles. The summed E-state index contributed by atoms with van der Waals surface area (Å²) in [4.78, 5) is 4.53. The third-order valence-electron chi connectivity index (χ3n) is 8.22. The second kappa shape index (κ2) is 11.3. The van der Waals surface area contributed by atoms with Gasteiger partial charge in [-0.15, -0.1) is 0 Å². The van der Waals surface area contributed by atoms with Crippen LogP contribution in [0.1, 0.15) is 47.9 Å². The minimum atomic E-state index is -0.264. The summed E-state index contributed by atoms with van der Waals surface area (Å²) in [6, 6.07) is 20.8. The van der Waals surface area contributed by atoms with Gasteiger partial charge in [0.15, 0.2) is 0 Å². The predicted molar refractivity (Wildman–Crippen MR) is 155 cm³/mol. The fraction of sp³-hybridized carbons (Fsp3) is 0.394. The van der Waals surface area contributed by atoms with Crippen LogP contribution in [0.15, 0.2) is 60.7 Å². The van der Waals surface area contributed by atoms with Gasteiger partial charge in [-0.25, -0.2) is 0 Å². The van der Waals surface area contributed by atoms with Gasteiger partial charge in [0.2, 0.25) is 0 Å². The van der Waals surface area contributed by atoms with E-state index >= 15 is 0 Å². The number of rotatable bonds is 7. The second-order valence-corrected chi connectivity index (χ2v) is 10.9. The number of allylic oxidation sites excluding steroid dienone is 1. The number of aromatic hydroxyl groups is 1. The van der Waals surface area contributed by atoms with Crippen LogP contribution in [-0.2, 0) is 6.42 Å². The lowest BCUT2D eigenvalue weighted by molar-refractivity contribution is 0.198. The number of ether oxygens (including phenoxy) is 2. The molecule has 0 saturated carbocycles. The molecule has 1 saturated heterocycles. The molecule has 1 N–H and O–H groups in total. The zero-order chi connectivity index (χ0) is 26.8. The third-order valence-corrected chi connectivity index (χ3v) is 8.22. The number of halogens is 1. The van der Waals surface area contributed by atoms with Crippen molar-refractivity contribution < 1.29 is 19.0 Å². The molecule has 5 nitrogen and oxygen atoms in total. The van der Waals surface area contributed by atoms with Crippen molar-refractivity contribution in [2.75, 3.05) is 51.4 Å². The van der Waals surface area contributed by atoms with E-state index in [-0.39, 0.29) is 12.8 Å². The Labute approximate surface area is 230 Å². The Morgan fingerprint density at radius 1 is 1.00 bits per heavy atom. The molecule has 0 bridgehead atoms. The number of nitrogens with zero attached hydrogens (tertiary/aromatic N) is 2. The number of alkyl halides is 1. The lowest BCUT2D eigenvalue weighted by Gasteiger charge is -2.28. The Hall–Kier alpha value is -3.51. The largest absolute Gasteiger partial charge is 0.508 e. The molecule has 3 aliphatic rings. The van der Waals surface area contributed by atoms with Crippen LogP contribution < -0.4 is 14.4 Å². The van der Waals surface area contributed by atoms with Crippen molar-refractivity contribution in [3.05, 3.63) is 82.9 Å². The summed E-state index contributed by atoms with van der Waals surface area (Å²) in [7, 11) is 2.11. The van der Waals surface area contributed by atoms with E-state index < -0.39 is 0 Å². The number of anilines is 1. The minimum absolute atomic E-state index is 0.139. The lowest BCUT2D eigenvalue weighted by Crippen LogP contribution is -2.28. The highest BCUT2D eigenvalue weighted by Crippen LogP contribution is 2.43. The van der Waals surface area contributed by atoms with E-state index in [2.05, 4.69) is 65.4 Å². The molecule has 39 heavy (non-hydrogen) atoms. The van der Waals surface area contributed by atoms with Gasteiger partial charge in [-0.2, -0.15) is 0 Å². The van der Waals surface area contributed by atoms with Crippen molar-refractivity contribution in [2.24, 2.45) is 0 Å². The number of likely N-dealkylation sites (N-methyl/N-ethyl adjacent to an activating group) is 1. The standard InChI is InChI=1S/C33H37FN2O3/c1-35-18-19-38-32-21-25(8-13-31(32)35)29-5-2-4-24-20-26(37)9-12-30(24)33(29)23-6-10-27(11-7-23)39-28-14-17-36(22-28)16-3-15-34/h6-13,20-21,28,37H,2-5,14-19,22H2,1H3/t28-/m0/s1. The minimum Gasteiger partial charge on any atom is -0.508 e. The van der Waals surface area contributed by atoms with E-state index in [4.69, 9.17) is 9.47 Å². The summed E-state index contributed by atoms with van der Waals surface area (Å²) >= 11 is 0. The molecular weight excluding hydrogens is 491 g/mol. The summed E-state index contributed by atoms with van der Waals surface area (Å²) < 4.78 is 24.9. The van der Waals surface area contributed by atoms with E-state index in [9.17, 15) is 9.50 Å². The van der Waals surface area contributed by atoms with Crippen molar-refractivity contribution in [3.8, 4) is 17.2 Å². The molecule has 3 aromatic carbocycles. The number of phenols is 1. The maximum Gasteiger partial charge on any atom is 0.143 e. The Morgan fingerprint density at radius 2 is 1.85 bits per heavy atom. The summed E-state index contributed by atoms with van der Waals surface area (Å²) in [6.45, 7) is 3.93. The topological polar surface area (TPSA) is 45.2 Å². The summed E-state index contributed by atoms with van der Waals surface area (Å²) in [5.41, 5.74) is 8.29. The van der Waals surface area contributed by atoms with Crippen LogP contribution >= 0.6 is 0 Å². The number of phenolic OH excluding ortho intramolecular Hbond substituents is 1. The van der Waals surface area contributed by atoms with Gasteiger partial charge in [0.05, 0.1) is 18.9 Å². The van der Waals surface area contributed by atoms with Gasteiger partial charge in [0.25, 0.3) is 0 Å². The number of fused-ring (bicyclic) bond motifs is 2. The number of benzene rings is 3. The van der Waals surface area contributed by atoms with Crippen LogP contribution in [0.5, 0.6) is 17.2 Å². The van der Waals surface area contributed by atoms with E-state index in [1.165, 1.54) is 27.8 Å². The van der Waals surface area contributed by atoms with Gasteiger partial charge in [-0.05, 0) is 102 Å². The van der Waals surface area contributed by atoms with Crippen LogP contribution in [0.2, 0.25) is 0 Å². The van der Waals surface area contributed by atoms with E-state index in [0.29, 0.717) is 18.8 Å². The number of hydrogen-bond acceptors (Lipinski definition) is 5. The quantitative estimate of drug-likeness (QED) is 0.388. The molecule has 2 heterocycles. The Morgan fingerprint density at radius 3 is 2.69 bits per heavy atom. The van der Waals surface area contributed by atoms with Gasteiger partial charge < -0.3 is 19.5 Å². The third kappa shape index (κ3) is 5.48. The molecule has 0 unspecified atom stereocenters. The number of likely N-dealkylation sites (tertiary alicyclic amines) is 1. The normalized spacial score (nSPS) is 19.3. The van der Waals surface area contributed by atoms with Crippen LogP contribution in [-0.4, -0.2) is 62.6 Å². The molecule has 6 rings (SSSR count). The Bertz CT molecular complexity index is 1350. The van der Waals surface area contributed by atoms with Crippen molar-refractivity contribution in [1.82, 2.24) is 4.90 Å². The average molecular weight is 529 g/mol. The molecule has 1 atom stereocenters. The van der Waals surface area contributed by atoms with E-state index in [1.54, 1.807) is 6.07 Å². The van der Waals surface area contributed by atoms with E-state index in [1.807, 2.05) is 6.07 Å². The van der Waals surface area contributed by atoms with Gasteiger partial charge in [-0.3, -0.25) is 9.29 Å². The van der Waals surface area contributed by atoms with Gasteiger partial charge in [0.1, 0.15) is 30.0 Å². The first-order valence-corrected chi connectivity index (χ1v) is 14.2. The van der Waals surface area contributed by atoms with Crippen molar-refractivity contribution in [2.45, 2.75) is 38.2 Å². The second-order valence-electron chi connectivity index (χ2n) is 10.9. The molecule has 0 amide bonds. The van der Waals surface area contributed by atoms with Gasteiger partial charge >= 0.3 is 0 Å². The highest BCUT2D eigenvalue weighted by molar-refractivity contribution is 6.00. The fourth-order valence-electron chi connectivity index (χ4n) is 6.21. The van der Waals surface area contributed by atoms with Gasteiger partial charge in [-0.1, -0.05) is 24.3 Å². The molecule has 1 aliphatic carbocycles. The maximum absolute atomic E-state index is 12.6. The van der Waals surface area contributed by atoms with Crippen molar-refractivity contribution >= 4 is 16.8 Å². The first-order valence-electron chi connectivity index (χ1n) is 14.2. The smallest absolute Gasteiger partial charge is 0.143 e. The van der Waals surface area contributed by atoms with Crippen molar-refractivity contribution in [3.63, 3.8) is 0 Å². The summed E-state index contributed by atoms with van der Waals surface area (Å²) in [5, 5.41) is 10.2. The van der Waals surface area contributed by atoms with Crippen LogP contribution in [0.4, 0.5) is 10.1 Å². The summed E-state index contributed by atoms with van der Waals surface area (Å²) in [5.74, 6) is 2.11. The van der Waals surface area contributed by atoms with Crippen LogP contribution in [0.25, 0.3) is 11.1 Å². The SMILES string of the molecule is CN1CCOc2cc(C3=C(c4ccc(O[C@H]5CCN(CCCF)C5)cc4)c4ccc(O)cc4CCC3)ccc21. The lowest BCUT2D eigenvalue weighted by atomic mass is 9.87. The Kier molecular flexibility index (Phi) is 7.47. The number of hydrogen-bond donors (Lipinski definition) is 1. The Balaban J connectivity index is 1.34. The zero-order valence-electron chi connectivity index (χ0n) is 22.7. The van der Waals surface area contributed by atoms with Crippen LogP contribution in [0, 0.1) is 0 Å². The number of aryl methyl sites for hydroxylation is 1. The molecule has 0 spiro atoms. The van der Waals surface area contributed by atoms with Gasteiger partial charge in [0, 0.05) is 26.7 Å². The van der Waals surface area contributed by atoms with Crippen molar-refractivity contribution in [1.29, 1.82) is 0 Å². The molecule has 0 radical (unpaired) electrons. The molecule has 1 fully saturated rings. The van der Waals surface area contributed by atoms with Crippen LogP contribution in [0.3, 0.4) is 0 Å². The first kappa shape index (κ1) is 25.8. The molecule has 204 valence electrons. The van der Waals surface area contributed by atoms with E-state index in [0.717, 1.165) is 74.6 Å². The zero-order valence-corrected chi connectivity index (χ0v) is 22.7. The maximum atomic E-state index is 12.6. The highest BCUT2D eigenvalue weighted by Gasteiger charge is 2.25.